The third kappa shape index (κ3) is 3.01. The fraction of sp³-hybridized carbons (Fsp3) is 0.455. The molecule has 0 saturated heterocycles. The van der Waals surface area contributed by atoms with Crippen molar-refractivity contribution in [2.24, 2.45) is 0 Å². The smallest absolute Gasteiger partial charge is 0.305 e. The van der Waals surface area contributed by atoms with E-state index in [0.717, 1.165) is 17.7 Å². The number of thioether (sulfide) groups is 1. The quantitative estimate of drug-likeness (QED) is 0.874. The number of amides is 1. The Bertz CT molecular complexity index is 430. The van der Waals surface area contributed by atoms with Gasteiger partial charge in [-0.3, -0.25) is 9.59 Å². The molecule has 92 valence electrons. The van der Waals surface area contributed by atoms with Crippen molar-refractivity contribution in [2.45, 2.75) is 18.1 Å². The maximum atomic E-state index is 11.9. The summed E-state index contributed by atoms with van der Waals surface area (Å²) < 4.78 is 0. The number of aryl methyl sites for hydroxylation is 1. The number of carbonyl (C=O) groups excluding carboxylic acids is 1. The monoisotopic (exact) mass is 271 g/mol. The van der Waals surface area contributed by atoms with Gasteiger partial charge in [-0.15, -0.1) is 23.1 Å². The Morgan fingerprint density at radius 2 is 2.35 bits per heavy atom. The zero-order valence-electron chi connectivity index (χ0n) is 9.14. The lowest BCUT2D eigenvalue weighted by Crippen LogP contribution is -2.31. The molecule has 0 bridgehead atoms. The van der Waals surface area contributed by atoms with Crippen molar-refractivity contribution in [3.8, 4) is 0 Å². The van der Waals surface area contributed by atoms with E-state index >= 15 is 0 Å². The average Bonchev–Trinajstić information content (AvgIpc) is 2.75. The van der Waals surface area contributed by atoms with Gasteiger partial charge in [0.2, 0.25) is 5.91 Å². The van der Waals surface area contributed by atoms with E-state index < -0.39 is 5.97 Å². The number of carbonyl (C=O) groups is 2. The average molecular weight is 271 g/mol. The van der Waals surface area contributed by atoms with E-state index in [-0.39, 0.29) is 24.1 Å². The Kier molecular flexibility index (Phi) is 4.06. The SMILES string of the molecule is O=C(O)CCNC(=O)[C@@H]1SCCc2sccc21. The van der Waals surface area contributed by atoms with Crippen molar-refractivity contribution in [1.82, 2.24) is 5.32 Å². The van der Waals surface area contributed by atoms with Gasteiger partial charge in [-0.1, -0.05) is 0 Å². The highest BCUT2D eigenvalue weighted by Gasteiger charge is 2.27. The molecule has 1 aromatic heterocycles. The number of hydrogen-bond donors (Lipinski definition) is 2. The van der Waals surface area contributed by atoms with Crippen molar-refractivity contribution in [3.63, 3.8) is 0 Å². The molecule has 17 heavy (non-hydrogen) atoms. The highest BCUT2D eigenvalue weighted by molar-refractivity contribution is 8.00. The van der Waals surface area contributed by atoms with Crippen LogP contribution in [0.3, 0.4) is 0 Å². The van der Waals surface area contributed by atoms with Gasteiger partial charge in [-0.05, 0) is 29.2 Å². The van der Waals surface area contributed by atoms with Gasteiger partial charge in [0.05, 0.1) is 6.42 Å². The normalized spacial score (nSPS) is 18.5. The van der Waals surface area contributed by atoms with Gasteiger partial charge in [-0.25, -0.2) is 0 Å². The third-order valence-electron chi connectivity index (χ3n) is 2.55. The first-order chi connectivity index (χ1) is 8.18. The fourth-order valence-electron chi connectivity index (χ4n) is 1.75. The number of thiophene rings is 1. The summed E-state index contributed by atoms with van der Waals surface area (Å²) in [4.78, 5) is 23.6. The number of carboxylic acid groups (broad SMARTS) is 1. The first-order valence-corrected chi connectivity index (χ1v) is 7.28. The molecule has 1 aliphatic rings. The van der Waals surface area contributed by atoms with Gasteiger partial charge in [0, 0.05) is 11.4 Å². The van der Waals surface area contributed by atoms with Crippen molar-refractivity contribution >= 4 is 35.0 Å². The second-order valence-corrected chi connectivity index (χ2v) is 5.95. The lowest BCUT2D eigenvalue weighted by Gasteiger charge is -2.21. The lowest BCUT2D eigenvalue weighted by atomic mass is 10.1. The zero-order valence-corrected chi connectivity index (χ0v) is 10.8. The number of rotatable bonds is 4. The molecule has 0 spiro atoms. The van der Waals surface area contributed by atoms with Gasteiger partial charge in [-0.2, -0.15) is 0 Å². The van der Waals surface area contributed by atoms with Gasteiger partial charge in [0.1, 0.15) is 5.25 Å². The maximum Gasteiger partial charge on any atom is 0.305 e. The molecular formula is C11H13NO3S2. The van der Waals surface area contributed by atoms with E-state index in [1.807, 2.05) is 11.4 Å². The van der Waals surface area contributed by atoms with Gasteiger partial charge in [0.15, 0.2) is 0 Å². The van der Waals surface area contributed by atoms with Crippen LogP contribution < -0.4 is 5.32 Å². The minimum absolute atomic E-state index is 0.0282. The largest absolute Gasteiger partial charge is 0.481 e. The number of fused-ring (bicyclic) bond motifs is 1. The molecular weight excluding hydrogens is 258 g/mol. The highest BCUT2D eigenvalue weighted by Crippen LogP contribution is 2.39. The summed E-state index contributed by atoms with van der Waals surface area (Å²) in [5, 5.41) is 13.0. The van der Waals surface area contributed by atoms with Gasteiger partial charge >= 0.3 is 5.97 Å². The number of hydrogen-bond acceptors (Lipinski definition) is 4. The summed E-state index contributed by atoms with van der Waals surface area (Å²) in [5.74, 6) is -0.0155. The molecule has 2 N–H and O–H groups in total. The first-order valence-electron chi connectivity index (χ1n) is 5.36. The minimum Gasteiger partial charge on any atom is -0.481 e. The van der Waals surface area contributed by atoms with Crippen LogP contribution in [0, 0.1) is 0 Å². The second-order valence-electron chi connectivity index (χ2n) is 3.73. The number of aliphatic carboxylic acids is 1. The van der Waals surface area contributed by atoms with E-state index in [0.29, 0.717) is 0 Å². The first kappa shape index (κ1) is 12.4. The lowest BCUT2D eigenvalue weighted by molar-refractivity contribution is -0.136. The van der Waals surface area contributed by atoms with Crippen LogP contribution >= 0.6 is 23.1 Å². The molecule has 2 rings (SSSR count). The molecule has 0 radical (unpaired) electrons. The fourth-order valence-corrected chi connectivity index (χ4v) is 4.07. The Morgan fingerprint density at radius 1 is 1.53 bits per heavy atom. The minimum atomic E-state index is -0.891. The predicted molar refractivity (Wildman–Crippen MR) is 68.5 cm³/mol. The van der Waals surface area contributed by atoms with Gasteiger partial charge < -0.3 is 10.4 Å². The van der Waals surface area contributed by atoms with E-state index in [9.17, 15) is 9.59 Å². The molecule has 2 heterocycles. The van der Waals surface area contributed by atoms with Gasteiger partial charge in [0.25, 0.3) is 0 Å². The van der Waals surface area contributed by atoms with Crippen molar-refractivity contribution in [3.05, 3.63) is 21.9 Å². The van der Waals surface area contributed by atoms with E-state index in [2.05, 4.69) is 5.32 Å². The van der Waals surface area contributed by atoms with Crippen LogP contribution in [-0.2, 0) is 16.0 Å². The summed E-state index contributed by atoms with van der Waals surface area (Å²) in [6.07, 6.45) is 0.996. The van der Waals surface area contributed by atoms with E-state index in [4.69, 9.17) is 5.11 Å². The number of carboxylic acids is 1. The Labute approximate surface area is 107 Å². The summed E-state index contributed by atoms with van der Waals surface area (Å²) in [6, 6.07) is 1.99. The van der Waals surface area contributed by atoms with Crippen molar-refractivity contribution in [1.29, 1.82) is 0 Å². The van der Waals surface area contributed by atoms with Crippen LogP contribution in [0.5, 0.6) is 0 Å². The predicted octanol–water partition coefficient (Wildman–Crippen LogP) is 1.67. The molecule has 1 aliphatic heterocycles. The molecule has 1 aromatic rings. The van der Waals surface area contributed by atoms with Crippen LogP contribution in [0.4, 0.5) is 0 Å². The maximum absolute atomic E-state index is 11.9. The van der Waals surface area contributed by atoms with Crippen LogP contribution in [0.15, 0.2) is 11.4 Å². The Balaban J connectivity index is 1.95. The molecule has 6 heteroatoms. The summed E-state index contributed by atoms with van der Waals surface area (Å²) in [6.45, 7) is 0.199. The highest BCUT2D eigenvalue weighted by atomic mass is 32.2. The van der Waals surface area contributed by atoms with Crippen LogP contribution in [0.2, 0.25) is 0 Å². The standard InChI is InChI=1S/C11H13NO3S2/c13-9(14)1-4-12-11(15)10-7-2-5-16-8(7)3-6-17-10/h2,5,10H,1,3-4,6H2,(H,12,15)(H,13,14)/t10-/m1/s1. The molecule has 0 aliphatic carbocycles. The van der Waals surface area contributed by atoms with Crippen LogP contribution in [0.25, 0.3) is 0 Å². The molecule has 4 nitrogen and oxygen atoms in total. The Morgan fingerprint density at radius 3 is 3.12 bits per heavy atom. The summed E-state index contributed by atoms with van der Waals surface area (Å²) >= 11 is 3.31. The molecule has 1 atom stereocenters. The van der Waals surface area contributed by atoms with Crippen LogP contribution in [-0.4, -0.2) is 29.3 Å². The molecule has 0 aromatic carbocycles. The van der Waals surface area contributed by atoms with Crippen LogP contribution in [0.1, 0.15) is 22.1 Å². The summed E-state index contributed by atoms with van der Waals surface area (Å²) in [5.41, 5.74) is 1.10. The molecule has 0 fully saturated rings. The topological polar surface area (TPSA) is 66.4 Å². The molecule has 0 saturated carbocycles. The van der Waals surface area contributed by atoms with E-state index in [1.54, 1.807) is 23.1 Å². The third-order valence-corrected chi connectivity index (χ3v) is 4.79. The van der Waals surface area contributed by atoms with Crippen molar-refractivity contribution in [2.75, 3.05) is 12.3 Å². The molecule has 1 amide bonds. The second kappa shape index (κ2) is 5.55. The Hall–Kier alpha value is -1.01. The number of nitrogens with one attached hydrogen (secondary N) is 1. The zero-order chi connectivity index (χ0) is 12.3. The molecule has 0 unspecified atom stereocenters. The van der Waals surface area contributed by atoms with E-state index in [1.165, 1.54) is 4.88 Å². The van der Waals surface area contributed by atoms with Crippen molar-refractivity contribution < 1.29 is 14.7 Å². The summed E-state index contributed by atoms with van der Waals surface area (Å²) in [7, 11) is 0.